The molecular formula is C14H23N3OS. The van der Waals surface area contributed by atoms with Gasteiger partial charge in [0.05, 0.1) is 12.2 Å². The second kappa shape index (κ2) is 5.59. The van der Waals surface area contributed by atoms with Gasteiger partial charge in [-0.25, -0.2) is 4.98 Å². The van der Waals surface area contributed by atoms with E-state index in [0.717, 1.165) is 32.5 Å². The summed E-state index contributed by atoms with van der Waals surface area (Å²) >= 11 is 1.73. The van der Waals surface area contributed by atoms with Crippen molar-refractivity contribution in [2.24, 2.45) is 11.7 Å². The van der Waals surface area contributed by atoms with Crippen molar-refractivity contribution in [2.75, 3.05) is 13.1 Å². The molecule has 0 aliphatic carbocycles. The molecule has 2 rings (SSSR count). The van der Waals surface area contributed by atoms with Crippen molar-refractivity contribution in [3.8, 4) is 0 Å². The number of amides is 1. The molecule has 0 saturated carbocycles. The molecular weight excluding hydrogens is 258 g/mol. The lowest BCUT2D eigenvalue weighted by atomic mass is 9.93. The molecule has 4 nitrogen and oxygen atoms in total. The van der Waals surface area contributed by atoms with Crippen molar-refractivity contribution in [1.29, 1.82) is 0 Å². The molecule has 106 valence electrons. The number of carbonyl (C=O) groups is 1. The molecule has 0 bridgehead atoms. The molecule has 2 N–H and O–H groups in total. The molecule has 1 fully saturated rings. The first-order valence-corrected chi connectivity index (χ1v) is 7.71. The van der Waals surface area contributed by atoms with E-state index in [1.165, 1.54) is 10.7 Å². The standard InChI is InChI=1S/C14H23N3OS/c1-14(2,3)11-9-19-12(16-11)8-17-6-4-10(5-7-17)13(15)18/h9-10H,4-8H2,1-3H3,(H2,15,18). The van der Waals surface area contributed by atoms with Gasteiger partial charge in [0.25, 0.3) is 0 Å². The Balaban J connectivity index is 1.89. The molecule has 1 aliphatic rings. The highest BCUT2D eigenvalue weighted by Gasteiger charge is 2.24. The number of hydrogen-bond acceptors (Lipinski definition) is 4. The third-order valence-electron chi connectivity index (χ3n) is 3.67. The minimum atomic E-state index is -0.149. The maximum Gasteiger partial charge on any atom is 0.220 e. The first kappa shape index (κ1) is 14.5. The van der Waals surface area contributed by atoms with E-state index < -0.39 is 0 Å². The predicted octanol–water partition coefficient (Wildman–Crippen LogP) is 2.14. The summed E-state index contributed by atoms with van der Waals surface area (Å²) in [5.74, 6) is -0.0819. The SMILES string of the molecule is CC(C)(C)c1csc(CN2CCC(C(N)=O)CC2)n1. The second-order valence-corrected chi connectivity index (χ2v) is 7.27. The van der Waals surface area contributed by atoms with Crippen molar-refractivity contribution in [2.45, 2.75) is 45.6 Å². The van der Waals surface area contributed by atoms with Crippen molar-refractivity contribution in [3.05, 3.63) is 16.1 Å². The molecule has 0 atom stereocenters. The number of thiazole rings is 1. The topological polar surface area (TPSA) is 59.2 Å². The highest BCUT2D eigenvalue weighted by atomic mass is 32.1. The Kier molecular flexibility index (Phi) is 4.26. The Morgan fingerprint density at radius 3 is 2.58 bits per heavy atom. The van der Waals surface area contributed by atoms with Crippen LogP contribution in [0, 0.1) is 5.92 Å². The largest absolute Gasteiger partial charge is 0.369 e. The zero-order chi connectivity index (χ0) is 14.0. The fraction of sp³-hybridized carbons (Fsp3) is 0.714. The van der Waals surface area contributed by atoms with Crippen LogP contribution in [0.1, 0.15) is 44.3 Å². The highest BCUT2D eigenvalue weighted by Crippen LogP contribution is 2.25. The summed E-state index contributed by atoms with van der Waals surface area (Å²) < 4.78 is 0. The number of carbonyl (C=O) groups excluding carboxylic acids is 1. The Hall–Kier alpha value is -0.940. The van der Waals surface area contributed by atoms with Crippen LogP contribution in [-0.2, 0) is 16.8 Å². The average molecular weight is 281 g/mol. The van der Waals surface area contributed by atoms with E-state index in [1.807, 2.05) is 0 Å². The fourth-order valence-electron chi connectivity index (χ4n) is 2.29. The van der Waals surface area contributed by atoms with E-state index in [9.17, 15) is 4.79 Å². The number of piperidine rings is 1. The molecule has 1 aromatic rings. The van der Waals surface area contributed by atoms with Gasteiger partial charge in [0, 0.05) is 16.7 Å². The first-order valence-electron chi connectivity index (χ1n) is 6.83. The van der Waals surface area contributed by atoms with Crippen LogP contribution in [0.5, 0.6) is 0 Å². The van der Waals surface area contributed by atoms with Gasteiger partial charge in [-0.2, -0.15) is 0 Å². The summed E-state index contributed by atoms with van der Waals surface area (Å²) in [6.07, 6.45) is 1.76. The number of likely N-dealkylation sites (tertiary alicyclic amines) is 1. The van der Waals surface area contributed by atoms with Crippen molar-refractivity contribution >= 4 is 17.2 Å². The molecule has 2 heterocycles. The molecule has 0 aromatic carbocycles. The van der Waals surface area contributed by atoms with E-state index in [-0.39, 0.29) is 17.2 Å². The normalized spacial score (nSPS) is 18.7. The van der Waals surface area contributed by atoms with Gasteiger partial charge in [0.15, 0.2) is 0 Å². The van der Waals surface area contributed by atoms with Crippen molar-refractivity contribution in [3.63, 3.8) is 0 Å². The number of hydrogen-bond donors (Lipinski definition) is 1. The number of rotatable bonds is 3. The van der Waals surface area contributed by atoms with Crippen LogP contribution in [-0.4, -0.2) is 28.9 Å². The van der Waals surface area contributed by atoms with Gasteiger partial charge in [-0.3, -0.25) is 9.69 Å². The van der Waals surface area contributed by atoms with Gasteiger partial charge in [0.2, 0.25) is 5.91 Å². The number of aromatic nitrogens is 1. The highest BCUT2D eigenvalue weighted by molar-refractivity contribution is 7.09. The van der Waals surface area contributed by atoms with Crippen LogP contribution >= 0.6 is 11.3 Å². The summed E-state index contributed by atoms with van der Waals surface area (Å²) in [5, 5.41) is 3.33. The van der Waals surface area contributed by atoms with Gasteiger partial charge in [-0.1, -0.05) is 20.8 Å². The van der Waals surface area contributed by atoms with Crippen LogP contribution in [0.15, 0.2) is 5.38 Å². The molecule has 1 saturated heterocycles. The van der Waals surface area contributed by atoms with E-state index in [4.69, 9.17) is 10.7 Å². The lowest BCUT2D eigenvalue weighted by Crippen LogP contribution is -2.38. The minimum Gasteiger partial charge on any atom is -0.369 e. The van der Waals surface area contributed by atoms with Gasteiger partial charge >= 0.3 is 0 Å². The van der Waals surface area contributed by atoms with Gasteiger partial charge in [-0.15, -0.1) is 11.3 Å². The summed E-state index contributed by atoms with van der Waals surface area (Å²) in [5.41, 5.74) is 6.63. The molecule has 19 heavy (non-hydrogen) atoms. The van der Waals surface area contributed by atoms with Crippen LogP contribution in [0.3, 0.4) is 0 Å². The third kappa shape index (κ3) is 3.76. The van der Waals surface area contributed by atoms with Crippen LogP contribution < -0.4 is 5.73 Å². The Labute approximate surface area is 119 Å². The predicted molar refractivity (Wildman–Crippen MR) is 78.0 cm³/mol. The molecule has 1 aromatic heterocycles. The fourth-order valence-corrected chi connectivity index (χ4v) is 3.36. The lowest BCUT2D eigenvalue weighted by molar-refractivity contribution is -0.123. The van der Waals surface area contributed by atoms with Crippen molar-refractivity contribution < 1.29 is 4.79 Å². The third-order valence-corrected chi connectivity index (χ3v) is 4.50. The number of primary amides is 1. The molecule has 0 spiro atoms. The summed E-state index contributed by atoms with van der Waals surface area (Å²) in [6.45, 7) is 9.33. The summed E-state index contributed by atoms with van der Waals surface area (Å²) in [6, 6.07) is 0. The molecule has 0 radical (unpaired) electrons. The average Bonchev–Trinajstić information content (AvgIpc) is 2.78. The monoisotopic (exact) mass is 281 g/mol. The molecule has 1 amide bonds. The Morgan fingerprint density at radius 1 is 1.47 bits per heavy atom. The quantitative estimate of drug-likeness (QED) is 0.923. The number of nitrogens with two attached hydrogens (primary N) is 1. The van der Waals surface area contributed by atoms with Gasteiger partial charge in [-0.05, 0) is 25.9 Å². The minimum absolute atomic E-state index is 0.0673. The maximum atomic E-state index is 11.1. The molecule has 5 heteroatoms. The van der Waals surface area contributed by atoms with Crippen LogP contribution in [0.25, 0.3) is 0 Å². The molecule has 0 unspecified atom stereocenters. The Bertz CT molecular complexity index is 442. The van der Waals surface area contributed by atoms with E-state index in [0.29, 0.717) is 0 Å². The summed E-state index contributed by atoms with van der Waals surface area (Å²) in [4.78, 5) is 18.2. The molecule has 1 aliphatic heterocycles. The second-order valence-electron chi connectivity index (χ2n) is 6.33. The van der Waals surface area contributed by atoms with Crippen molar-refractivity contribution in [1.82, 2.24) is 9.88 Å². The zero-order valence-electron chi connectivity index (χ0n) is 12.0. The lowest BCUT2D eigenvalue weighted by Gasteiger charge is -2.29. The first-order chi connectivity index (χ1) is 8.86. The van der Waals surface area contributed by atoms with Crippen LogP contribution in [0.4, 0.5) is 0 Å². The van der Waals surface area contributed by atoms with Crippen LogP contribution in [0.2, 0.25) is 0 Å². The van der Waals surface area contributed by atoms with Gasteiger partial charge in [0.1, 0.15) is 5.01 Å². The van der Waals surface area contributed by atoms with E-state index >= 15 is 0 Å². The van der Waals surface area contributed by atoms with E-state index in [1.54, 1.807) is 11.3 Å². The smallest absolute Gasteiger partial charge is 0.220 e. The number of nitrogens with zero attached hydrogens (tertiary/aromatic N) is 2. The zero-order valence-corrected chi connectivity index (χ0v) is 12.8. The Morgan fingerprint density at radius 2 is 2.11 bits per heavy atom. The van der Waals surface area contributed by atoms with E-state index in [2.05, 4.69) is 31.1 Å². The summed E-state index contributed by atoms with van der Waals surface area (Å²) in [7, 11) is 0. The maximum absolute atomic E-state index is 11.1. The van der Waals surface area contributed by atoms with Gasteiger partial charge < -0.3 is 5.73 Å².